The molecule has 2 heteroatoms. The first-order valence-electron chi connectivity index (χ1n) is 7.57. The Balaban J connectivity index is 1.80. The Morgan fingerprint density at radius 2 is 1.89 bits per heavy atom. The highest BCUT2D eigenvalue weighted by Crippen LogP contribution is 2.38. The molecule has 0 bridgehead atoms. The number of rotatable bonds is 7. The maximum atomic E-state index is 3.48. The van der Waals surface area contributed by atoms with Gasteiger partial charge in [-0.3, -0.25) is 0 Å². The zero-order valence-corrected chi connectivity index (χ0v) is 12.8. The Bertz CT molecular complexity index is 383. The maximum absolute atomic E-state index is 3.48. The number of hydrogen-bond acceptors (Lipinski definition) is 2. The van der Waals surface area contributed by atoms with Gasteiger partial charge in [-0.05, 0) is 48.4 Å². The van der Waals surface area contributed by atoms with E-state index in [1.165, 1.54) is 24.2 Å². The van der Waals surface area contributed by atoms with Crippen molar-refractivity contribution in [2.45, 2.75) is 33.7 Å². The normalized spacial score (nSPS) is 21.7. The fourth-order valence-corrected chi connectivity index (χ4v) is 2.48. The third-order valence-electron chi connectivity index (χ3n) is 4.04. The first kappa shape index (κ1) is 14.4. The molecule has 106 valence electrons. The van der Waals surface area contributed by atoms with Crippen molar-refractivity contribution >= 4 is 5.69 Å². The number of nitrogens with zero attached hydrogens (tertiary/aromatic N) is 1. The lowest BCUT2D eigenvalue weighted by atomic mass is 10.1. The molecular weight excluding hydrogens is 232 g/mol. The van der Waals surface area contributed by atoms with Gasteiger partial charge in [-0.15, -0.1) is 0 Å². The van der Waals surface area contributed by atoms with Gasteiger partial charge in [-0.25, -0.2) is 0 Å². The zero-order chi connectivity index (χ0) is 13.8. The van der Waals surface area contributed by atoms with Crippen molar-refractivity contribution in [3.05, 3.63) is 29.8 Å². The summed E-state index contributed by atoms with van der Waals surface area (Å²) in [6.45, 7) is 10.1. The lowest BCUT2D eigenvalue weighted by Gasteiger charge is -2.19. The molecule has 0 heterocycles. The molecule has 2 atom stereocenters. The molecule has 0 spiro atoms. The van der Waals surface area contributed by atoms with Gasteiger partial charge in [0, 0.05) is 25.8 Å². The van der Waals surface area contributed by atoms with Crippen molar-refractivity contribution in [1.29, 1.82) is 0 Å². The van der Waals surface area contributed by atoms with Crippen molar-refractivity contribution in [2.75, 3.05) is 25.0 Å². The van der Waals surface area contributed by atoms with Gasteiger partial charge in [-0.2, -0.15) is 0 Å². The highest BCUT2D eigenvalue weighted by atomic mass is 15.1. The molecule has 1 saturated carbocycles. The molecule has 0 saturated heterocycles. The number of nitrogens with one attached hydrogen (secondary N) is 1. The minimum atomic E-state index is 0.714. The summed E-state index contributed by atoms with van der Waals surface area (Å²) in [6, 6.07) is 8.99. The average Bonchev–Trinajstić information content (AvgIpc) is 3.05. The van der Waals surface area contributed by atoms with Crippen LogP contribution in [0.3, 0.4) is 0 Å². The molecule has 1 N–H and O–H groups in total. The van der Waals surface area contributed by atoms with Crippen molar-refractivity contribution in [2.24, 2.45) is 17.8 Å². The van der Waals surface area contributed by atoms with Crippen LogP contribution in [0.5, 0.6) is 0 Å². The lowest BCUT2D eigenvalue weighted by molar-refractivity contribution is 0.552. The van der Waals surface area contributed by atoms with Gasteiger partial charge >= 0.3 is 0 Å². The largest absolute Gasteiger partial charge is 0.374 e. The molecule has 2 rings (SSSR count). The molecule has 19 heavy (non-hydrogen) atoms. The lowest BCUT2D eigenvalue weighted by Crippen LogP contribution is -2.21. The Morgan fingerprint density at radius 1 is 1.26 bits per heavy atom. The summed E-state index contributed by atoms with van der Waals surface area (Å²) >= 11 is 0. The molecule has 1 aliphatic carbocycles. The van der Waals surface area contributed by atoms with Crippen molar-refractivity contribution in [3.63, 3.8) is 0 Å². The van der Waals surface area contributed by atoms with Gasteiger partial charge in [0.05, 0.1) is 0 Å². The van der Waals surface area contributed by atoms with Gasteiger partial charge in [0.15, 0.2) is 0 Å². The van der Waals surface area contributed by atoms with Crippen LogP contribution < -0.4 is 10.2 Å². The van der Waals surface area contributed by atoms with E-state index in [9.17, 15) is 0 Å². The summed E-state index contributed by atoms with van der Waals surface area (Å²) in [5.41, 5.74) is 2.71. The summed E-state index contributed by atoms with van der Waals surface area (Å²) in [6.07, 6.45) is 1.40. The van der Waals surface area contributed by atoms with E-state index in [2.05, 4.69) is 62.3 Å². The second kappa shape index (κ2) is 6.42. The second-order valence-electron chi connectivity index (χ2n) is 6.54. The molecule has 1 aliphatic rings. The van der Waals surface area contributed by atoms with Crippen molar-refractivity contribution in [3.8, 4) is 0 Å². The molecule has 1 fully saturated rings. The van der Waals surface area contributed by atoms with Crippen LogP contribution in [0.1, 0.15) is 32.8 Å². The van der Waals surface area contributed by atoms with Gasteiger partial charge in [0.25, 0.3) is 0 Å². The molecule has 2 nitrogen and oxygen atoms in total. The second-order valence-corrected chi connectivity index (χ2v) is 6.54. The van der Waals surface area contributed by atoms with E-state index >= 15 is 0 Å². The summed E-state index contributed by atoms with van der Waals surface area (Å²) in [5, 5.41) is 3.48. The Labute approximate surface area is 118 Å². The summed E-state index contributed by atoms with van der Waals surface area (Å²) < 4.78 is 0. The molecule has 0 amide bonds. The van der Waals surface area contributed by atoms with E-state index in [1.807, 2.05) is 0 Å². The third-order valence-corrected chi connectivity index (χ3v) is 4.04. The number of hydrogen-bond donors (Lipinski definition) is 1. The van der Waals surface area contributed by atoms with E-state index in [-0.39, 0.29) is 0 Å². The van der Waals surface area contributed by atoms with Crippen LogP contribution in [0.4, 0.5) is 5.69 Å². The number of anilines is 1. The van der Waals surface area contributed by atoms with Crippen LogP contribution in [0.2, 0.25) is 0 Å². The SMILES string of the molecule is CC(C)CNCc1ccc(N(C)CC2CC2C)cc1. The van der Waals surface area contributed by atoms with Gasteiger partial charge < -0.3 is 10.2 Å². The fraction of sp³-hybridized carbons (Fsp3) is 0.647. The van der Waals surface area contributed by atoms with E-state index < -0.39 is 0 Å². The van der Waals surface area contributed by atoms with Crippen molar-refractivity contribution in [1.82, 2.24) is 5.32 Å². The Hall–Kier alpha value is -1.02. The highest BCUT2D eigenvalue weighted by molar-refractivity contribution is 5.47. The fourth-order valence-electron chi connectivity index (χ4n) is 2.48. The quantitative estimate of drug-likeness (QED) is 0.807. The van der Waals surface area contributed by atoms with Crippen LogP contribution in [-0.4, -0.2) is 20.1 Å². The zero-order valence-electron chi connectivity index (χ0n) is 12.8. The summed E-state index contributed by atoms with van der Waals surface area (Å²) in [7, 11) is 2.21. The molecular formula is C17H28N2. The Morgan fingerprint density at radius 3 is 2.42 bits per heavy atom. The highest BCUT2D eigenvalue weighted by Gasteiger charge is 2.33. The van der Waals surface area contributed by atoms with E-state index in [0.29, 0.717) is 5.92 Å². The average molecular weight is 260 g/mol. The molecule has 2 unspecified atom stereocenters. The Kier molecular flexibility index (Phi) is 4.87. The van der Waals surface area contributed by atoms with E-state index in [0.717, 1.165) is 24.9 Å². The summed E-state index contributed by atoms with van der Waals surface area (Å²) in [4.78, 5) is 2.39. The van der Waals surface area contributed by atoms with E-state index in [1.54, 1.807) is 0 Å². The topological polar surface area (TPSA) is 15.3 Å². The van der Waals surface area contributed by atoms with Crippen LogP contribution in [0.15, 0.2) is 24.3 Å². The minimum Gasteiger partial charge on any atom is -0.374 e. The van der Waals surface area contributed by atoms with Crippen LogP contribution in [0, 0.1) is 17.8 Å². The van der Waals surface area contributed by atoms with E-state index in [4.69, 9.17) is 0 Å². The molecule has 0 radical (unpaired) electrons. The standard InChI is InChI=1S/C17H28N2/c1-13(2)10-18-11-15-5-7-17(8-6-15)19(4)12-16-9-14(16)3/h5-8,13-14,16,18H,9-12H2,1-4H3. The first-order valence-corrected chi connectivity index (χ1v) is 7.57. The third kappa shape index (κ3) is 4.54. The van der Waals surface area contributed by atoms with Crippen molar-refractivity contribution < 1.29 is 0 Å². The van der Waals surface area contributed by atoms with Crippen LogP contribution in [-0.2, 0) is 6.54 Å². The predicted octanol–water partition coefficient (Wildman–Crippen LogP) is 3.52. The predicted molar refractivity (Wildman–Crippen MR) is 83.5 cm³/mol. The van der Waals surface area contributed by atoms with Gasteiger partial charge in [0.2, 0.25) is 0 Å². The molecule has 1 aromatic rings. The summed E-state index contributed by atoms with van der Waals surface area (Å²) in [5.74, 6) is 2.56. The molecule has 0 aliphatic heterocycles. The van der Waals surface area contributed by atoms with Crippen LogP contribution >= 0.6 is 0 Å². The van der Waals surface area contributed by atoms with Crippen LogP contribution in [0.25, 0.3) is 0 Å². The minimum absolute atomic E-state index is 0.714. The monoisotopic (exact) mass is 260 g/mol. The molecule has 1 aromatic carbocycles. The maximum Gasteiger partial charge on any atom is 0.0363 e. The molecule has 0 aromatic heterocycles. The first-order chi connectivity index (χ1) is 9.06. The smallest absolute Gasteiger partial charge is 0.0363 e. The van der Waals surface area contributed by atoms with Gasteiger partial charge in [0.1, 0.15) is 0 Å². The number of benzene rings is 1. The van der Waals surface area contributed by atoms with Gasteiger partial charge in [-0.1, -0.05) is 32.9 Å².